The summed E-state index contributed by atoms with van der Waals surface area (Å²) in [6.07, 6.45) is 0. The summed E-state index contributed by atoms with van der Waals surface area (Å²) < 4.78 is 5.84. The lowest BCUT2D eigenvalue weighted by Crippen LogP contribution is -2.21. The third-order valence-electron chi connectivity index (χ3n) is 4.49. The summed E-state index contributed by atoms with van der Waals surface area (Å²) in [5, 5.41) is 29.2. The number of nitriles is 3. The lowest BCUT2D eigenvalue weighted by Gasteiger charge is -2.22. The van der Waals surface area contributed by atoms with E-state index in [2.05, 4.69) is 23.1 Å². The maximum atomic E-state index is 9.68. The maximum absolute atomic E-state index is 9.68. The predicted molar refractivity (Wildman–Crippen MR) is 110 cm³/mol. The molecular formula is C22H18N4OS. The van der Waals surface area contributed by atoms with E-state index >= 15 is 0 Å². The quantitative estimate of drug-likeness (QED) is 0.703. The first-order valence-electron chi connectivity index (χ1n) is 8.59. The average Bonchev–Trinajstić information content (AvgIpc) is 3.25. The van der Waals surface area contributed by atoms with Crippen LogP contribution in [0.15, 0.2) is 53.3 Å². The van der Waals surface area contributed by atoms with Crippen molar-refractivity contribution in [3.63, 3.8) is 0 Å². The first-order chi connectivity index (χ1) is 13.3. The molecule has 0 amide bonds. The van der Waals surface area contributed by atoms with E-state index in [-0.39, 0.29) is 16.9 Å². The molecule has 0 radical (unpaired) electrons. The molecule has 0 unspecified atom stereocenters. The molecule has 0 N–H and O–H groups in total. The molecule has 3 rings (SSSR count). The third kappa shape index (κ3) is 3.25. The minimum absolute atomic E-state index is 0.0606. The highest BCUT2D eigenvalue weighted by Gasteiger charge is 2.40. The standard InChI is InChI=1S/C22H18N4OS/c1-22(2)20(17(13-25)21(27-22)16(11-23)12-24)15-7-5-14(6-8-15)18-9-10-19(28-18)26(3)4/h5-10H,1-4H3. The molecule has 2 aromatic rings. The minimum Gasteiger partial charge on any atom is -0.480 e. The van der Waals surface area contributed by atoms with Crippen molar-refractivity contribution in [2.24, 2.45) is 0 Å². The third-order valence-corrected chi connectivity index (χ3v) is 5.79. The van der Waals surface area contributed by atoms with Gasteiger partial charge < -0.3 is 9.64 Å². The number of hydrogen-bond acceptors (Lipinski definition) is 6. The molecular weight excluding hydrogens is 368 g/mol. The van der Waals surface area contributed by atoms with Gasteiger partial charge in [-0.05, 0) is 37.1 Å². The normalized spacial score (nSPS) is 14.7. The second kappa shape index (κ2) is 7.24. The van der Waals surface area contributed by atoms with E-state index in [0.29, 0.717) is 5.57 Å². The van der Waals surface area contributed by atoms with Gasteiger partial charge in [0.15, 0.2) is 11.3 Å². The summed E-state index contributed by atoms with van der Waals surface area (Å²) in [7, 11) is 4.03. The Kier molecular flexibility index (Phi) is 4.97. The molecule has 0 aliphatic carbocycles. The van der Waals surface area contributed by atoms with Crippen LogP contribution in [-0.2, 0) is 4.74 Å². The van der Waals surface area contributed by atoms with Gasteiger partial charge >= 0.3 is 0 Å². The molecule has 1 aliphatic heterocycles. The SMILES string of the molecule is CN(C)c1ccc(-c2ccc(C3=C(C#N)C(=C(C#N)C#N)OC3(C)C)cc2)s1. The molecule has 138 valence electrons. The highest BCUT2D eigenvalue weighted by molar-refractivity contribution is 7.19. The first-order valence-corrected chi connectivity index (χ1v) is 9.40. The Morgan fingerprint density at radius 1 is 0.964 bits per heavy atom. The highest BCUT2D eigenvalue weighted by atomic mass is 32.1. The molecule has 2 heterocycles. The van der Waals surface area contributed by atoms with Crippen LogP contribution in [0.25, 0.3) is 16.0 Å². The lowest BCUT2D eigenvalue weighted by molar-refractivity contribution is 0.109. The molecule has 1 aromatic carbocycles. The van der Waals surface area contributed by atoms with Crippen LogP contribution in [0, 0.1) is 34.0 Å². The second-order valence-corrected chi connectivity index (χ2v) is 8.07. The number of anilines is 1. The fourth-order valence-electron chi connectivity index (χ4n) is 3.20. The van der Waals surface area contributed by atoms with Crippen molar-refractivity contribution in [1.29, 1.82) is 15.8 Å². The Bertz CT molecular complexity index is 1100. The monoisotopic (exact) mass is 386 g/mol. The van der Waals surface area contributed by atoms with Crippen LogP contribution < -0.4 is 4.90 Å². The molecule has 0 bridgehead atoms. The van der Waals surface area contributed by atoms with E-state index in [1.807, 2.05) is 64.3 Å². The summed E-state index contributed by atoms with van der Waals surface area (Å²) in [4.78, 5) is 3.23. The van der Waals surface area contributed by atoms with Gasteiger partial charge in [-0.1, -0.05) is 24.3 Å². The summed E-state index contributed by atoms with van der Waals surface area (Å²) in [6, 6.07) is 17.8. The average molecular weight is 386 g/mol. The van der Waals surface area contributed by atoms with Crippen LogP contribution in [0.5, 0.6) is 0 Å². The Labute approximate surface area is 168 Å². The van der Waals surface area contributed by atoms with Gasteiger partial charge in [0, 0.05) is 24.5 Å². The molecule has 0 atom stereocenters. The molecule has 5 nitrogen and oxygen atoms in total. The van der Waals surface area contributed by atoms with Gasteiger partial charge in [0.05, 0.1) is 5.00 Å². The predicted octanol–water partition coefficient (Wildman–Crippen LogP) is 4.87. The maximum Gasteiger partial charge on any atom is 0.172 e. The Morgan fingerprint density at radius 3 is 2.07 bits per heavy atom. The molecule has 1 aromatic heterocycles. The number of benzene rings is 1. The van der Waals surface area contributed by atoms with Gasteiger partial charge in [0.2, 0.25) is 0 Å². The summed E-state index contributed by atoms with van der Waals surface area (Å²) >= 11 is 1.70. The van der Waals surface area contributed by atoms with Crippen LogP contribution in [0.1, 0.15) is 19.4 Å². The van der Waals surface area contributed by atoms with Crippen molar-refractivity contribution in [3.8, 4) is 28.6 Å². The van der Waals surface area contributed by atoms with E-state index in [0.717, 1.165) is 16.0 Å². The number of ether oxygens (including phenoxy) is 1. The van der Waals surface area contributed by atoms with E-state index in [1.165, 1.54) is 5.00 Å². The van der Waals surface area contributed by atoms with Crippen molar-refractivity contribution >= 4 is 21.9 Å². The van der Waals surface area contributed by atoms with Crippen LogP contribution in [0.3, 0.4) is 0 Å². The Hall–Kier alpha value is -3.53. The van der Waals surface area contributed by atoms with E-state index in [1.54, 1.807) is 11.3 Å². The van der Waals surface area contributed by atoms with Crippen molar-refractivity contribution in [1.82, 2.24) is 0 Å². The Morgan fingerprint density at radius 2 is 1.57 bits per heavy atom. The van der Waals surface area contributed by atoms with Crippen LogP contribution >= 0.6 is 11.3 Å². The van der Waals surface area contributed by atoms with Gasteiger partial charge in [-0.3, -0.25) is 0 Å². The van der Waals surface area contributed by atoms with Crippen LogP contribution in [0.4, 0.5) is 5.00 Å². The van der Waals surface area contributed by atoms with Gasteiger partial charge in [0.1, 0.15) is 29.4 Å². The molecule has 0 spiro atoms. The lowest BCUT2D eigenvalue weighted by atomic mass is 9.88. The van der Waals surface area contributed by atoms with Crippen molar-refractivity contribution in [2.75, 3.05) is 19.0 Å². The fourth-order valence-corrected chi connectivity index (χ4v) is 4.13. The molecule has 0 fully saturated rings. The first kappa shape index (κ1) is 19.2. The second-order valence-electron chi connectivity index (χ2n) is 7.01. The Balaban J connectivity index is 2.08. The number of thiophene rings is 1. The zero-order chi connectivity index (χ0) is 20.5. The van der Waals surface area contributed by atoms with Crippen molar-refractivity contribution in [2.45, 2.75) is 19.4 Å². The van der Waals surface area contributed by atoms with E-state index < -0.39 is 5.60 Å². The number of hydrogen-bond donors (Lipinski definition) is 0. The molecule has 1 aliphatic rings. The van der Waals surface area contributed by atoms with Gasteiger partial charge in [-0.2, -0.15) is 15.8 Å². The van der Waals surface area contributed by atoms with Gasteiger partial charge in [-0.15, -0.1) is 11.3 Å². The largest absolute Gasteiger partial charge is 0.480 e. The summed E-state index contributed by atoms with van der Waals surface area (Å²) in [6.45, 7) is 3.66. The smallest absolute Gasteiger partial charge is 0.172 e. The van der Waals surface area contributed by atoms with E-state index in [9.17, 15) is 15.8 Å². The molecule has 28 heavy (non-hydrogen) atoms. The number of nitrogens with zero attached hydrogens (tertiary/aromatic N) is 4. The molecule has 0 saturated carbocycles. The van der Waals surface area contributed by atoms with Gasteiger partial charge in [-0.25, -0.2) is 0 Å². The topological polar surface area (TPSA) is 83.8 Å². The molecule has 0 saturated heterocycles. The zero-order valence-corrected chi connectivity index (χ0v) is 16.9. The minimum atomic E-state index is -0.818. The van der Waals surface area contributed by atoms with Gasteiger partial charge in [0.25, 0.3) is 0 Å². The zero-order valence-electron chi connectivity index (χ0n) is 16.1. The van der Waals surface area contributed by atoms with E-state index in [4.69, 9.17) is 4.74 Å². The fraction of sp³-hybridized carbons (Fsp3) is 0.227. The van der Waals surface area contributed by atoms with Crippen LogP contribution in [0.2, 0.25) is 0 Å². The summed E-state index contributed by atoms with van der Waals surface area (Å²) in [5.74, 6) is 0.0606. The van der Waals surface area contributed by atoms with Crippen molar-refractivity contribution < 1.29 is 4.74 Å². The van der Waals surface area contributed by atoms with Crippen LogP contribution in [-0.4, -0.2) is 19.7 Å². The number of rotatable bonds is 3. The molecule has 6 heteroatoms. The van der Waals surface area contributed by atoms with Crippen molar-refractivity contribution in [3.05, 3.63) is 58.9 Å². The number of allylic oxidation sites excluding steroid dienone is 2. The highest BCUT2D eigenvalue weighted by Crippen LogP contribution is 2.45. The summed E-state index contributed by atoms with van der Waals surface area (Å²) in [5.41, 5.74) is 1.83.